The monoisotopic (exact) mass is 336 g/mol. The van der Waals surface area contributed by atoms with E-state index < -0.39 is 0 Å². The van der Waals surface area contributed by atoms with E-state index in [0.29, 0.717) is 13.0 Å². The first-order valence-corrected chi connectivity index (χ1v) is 9.03. The van der Waals surface area contributed by atoms with Gasteiger partial charge >= 0.3 is 0 Å². The van der Waals surface area contributed by atoms with Crippen LogP contribution in [0.2, 0.25) is 0 Å². The minimum absolute atomic E-state index is 0.0897. The number of hydrogen-bond donors (Lipinski definition) is 1. The Morgan fingerprint density at radius 2 is 1.92 bits per heavy atom. The van der Waals surface area contributed by atoms with E-state index in [4.69, 9.17) is 0 Å². The van der Waals surface area contributed by atoms with Gasteiger partial charge in [-0.25, -0.2) is 0 Å². The Hall–Kier alpha value is -2.46. The molecule has 1 N–H and O–H groups in total. The molecule has 0 bridgehead atoms. The predicted octanol–water partition coefficient (Wildman–Crippen LogP) is 4.45. The first-order chi connectivity index (χ1) is 11.8. The zero-order valence-corrected chi connectivity index (χ0v) is 14.3. The molecule has 0 aliphatic rings. The number of aromatic nitrogens is 1. The second kappa shape index (κ2) is 8.41. The molecule has 3 nitrogen and oxygen atoms in total. The Balaban J connectivity index is 1.45. The molecule has 1 aromatic carbocycles. The third kappa shape index (κ3) is 4.77. The van der Waals surface area contributed by atoms with Crippen LogP contribution in [-0.4, -0.2) is 10.9 Å². The van der Waals surface area contributed by atoms with Gasteiger partial charge in [0.25, 0.3) is 0 Å². The fourth-order valence-corrected chi connectivity index (χ4v) is 3.22. The summed E-state index contributed by atoms with van der Waals surface area (Å²) in [5.74, 6) is 0.0897. The first-order valence-electron chi connectivity index (χ1n) is 8.08. The standard InChI is InChI=1S/C20H20N2OS/c23-20(8-4-7-16-5-2-1-3-6-16)22-13-17-11-19(14-21-12-17)18-9-10-24-15-18/h1-3,5-6,9-12,14-15H,4,7-8,13H2,(H,22,23). The van der Waals surface area contributed by atoms with E-state index in [1.165, 1.54) is 11.1 Å². The summed E-state index contributed by atoms with van der Waals surface area (Å²) in [5.41, 5.74) is 4.56. The second-order valence-corrected chi connectivity index (χ2v) is 6.49. The lowest BCUT2D eigenvalue weighted by Gasteiger charge is -2.07. The number of carbonyl (C=O) groups excluding carboxylic acids is 1. The maximum Gasteiger partial charge on any atom is 0.220 e. The molecule has 0 atom stereocenters. The van der Waals surface area contributed by atoms with E-state index in [0.717, 1.165) is 24.0 Å². The summed E-state index contributed by atoms with van der Waals surface area (Å²) in [6.45, 7) is 0.523. The number of nitrogens with one attached hydrogen (secondary N) is 1. The Morgan fingerprint density at radius 3 is 2.71 bits per heavy atom. The quantitative estimate of drug-likeness (QED) is 0.692. The lowest BCUT2D eigenvalue weighted by atomic mass is 10.1. The zero-order valence-electron chi connectivity index (χ0n) is 13.4. The van der Waals surface area contributed by atoms with Crippen molar-refractivity contribution in [2.24, 2.45) is 0 Å². The van der Waals surface area contributed by atoms with E-state index in [9.17, 15) is 4.79 Å². The van der Waals surface area contributed by atoms with Crippen molar-refractivity contribution in [1.29, 1.82) is 0 Å². The number of aryl methyl sites for hydroxylation is 1. The Bertz CT molecular complexity index is 769. The van der Waals surface area contributed by atoms with Gasteiger partial charge in [-0.1, -0.05) is 30.3 Å². The number of thiophene rings is 1. The summed E-state index contributed by atoms with van der Waals surface area (Å²) in [6, 6.07) is 14.4. The van der Waals surface area contributed by atoms with Crippen molar-refractivity contribution in [1.82, 2.24) is 10.3 Å². The van der Waals surface area contributed by atoms with Crippen molar-refractivity contribution >= 4 is 17.2 Å². The second-order valence-electron chi connectivity index (χ2n) is 5.71. The average Bonchev–Trinajstić information content (AvgIpc) is 3.16. The zero-order chi connectivity index (χ0) is 16.6. The molecule has 0 spiro atoms. The van der Waals surface area contributed by atoms with Gasteiger partial charge in [0.15, 0.2) is 0 Å². The summed E-state index contributed by atoms with van der Waals surface area (Å²) in [7, 11) is 0. The highest BCUT2D eigenvalue weighted by molar-refractivity contribution is 7.08. The number of benzene rings is 1. The van der Waals surface area contributed by atoms with Crippen LogP contribution in [0, 0.1) is 0 Å². The number of hydrogen-bond acceptors (Lipinski definition) is 3. The molecule has 1 amide bonds. The van der Waals surface area contributed by atoms with Gasteiger partial charge in [0, 0.05) is 30.9 Å². The highest BCUT2D eigenvalue weighted by Crippen LogP contribution is 2.21. The lowest BCUT2D eigenvalue weighted by Crippen LogP contribution is -2.22. The van der Waals surface area contributed by atoms with Gasteiger partial charge in [0.2, 0.25) is 5.91 Å². The molecule has 2 aromatic heterocycles. The minimum atomic E-state index is 0.0897. The van der Waals surface area contributed by atoms with Crippen LogP contribution in [0.25, 0.3) is 11.1 Å². The summed E-state index contributed by atoms with van der Waals surface area (Å²) < 4.78 is 0. The highest BCUT2D eigenvalue weighted by Gasteiger charge is 2.04. The molecule has 4 heteroatoms. The third-order valence-corrected chi connectivity index (χ3v) is 4.53. The fraction of sp³-hybridized carbons (Fsp3) is 0.200. The molecule has 0 saturated heterocycles. The van der Waals surface area contributed by atoms with E-state index >= 15 is 0 Å². The van der Waals surface area contributed by atoms with Crippen LogP contribution in [0.15, 0.2) is 65.6 Å². The van der Waals surface area contributed by atoms with Crippen molar-refractivity contribution in [2.75, 3.05) is 0 Å². The van der Waals surface area contributed by atoms with Crippen LogP contribution in [0.1, 0.15) is 24.0 Å². The van der Waals surface area contributed by atoms with Crippen molar-refractivity contribution in [3.8, 4) is 11.1 Å². The van der Waals surface area contributed by atoms with Crippen LogP contribution >= 0.6 is 11.3 Å². The van der Waals surface area contributed by atoms with Crippen LogP contribution < -0.4 is 5.32 Å². The molecule has 3 aromatic rings. The lowest BCUT2D eigenvalue weighted by molar-refractivity contribution is -0.121. The summed E-state index contributed by atoms with van der Waals surface area (Å²) >= 11 is 1.67. The number of pyridine rings is 1. The number of rotatable bonds is 7. The Labute approximate surface area is 146 Å². The average molecular weight is 336 g/mol. The van der Waals surface area contributed by atoms with Gasteiger partial charge in [-0.3, -0.25) is 9.78 Å². The summed E-state index contributed by atoms with van der Waals surface area (Å²) in [4.78, 5) is 16.3. The van der Waals surface area contributed by atoms with Crippen molar-refractivity contribution < 1.29 is 4.79 Å². The molecule has 0 unspecified atom stereocenters. The summed E-state index contributed by atoms with van der Waals surface area (Å²) in [6.07, 6.45) is 6.01. The molecule has 0 saturated carbocycles. The molecule has 0 aliphatic carbocycles. The molecule has 0 radical (unpaired) electrons. The first kappa shape index (κ1) is 16.4. The molecule has 0 aliphatic heterocycles. The summed E-state index contributed by atoms with van der Waals surface area (Å²) in [5, 5.41) is 7.13. The van der Waals surface area contributed by atoms with Crippen molar-refractivity contribution in [3.05, 3.63) is 76.7 Å². The normalized spacial score (nSPS) is 10.5. The van der Waals surface area contributed by atoms with E-state index in [1.54, 1.807) is 17.5 Å². The van der Waals surface area contributed by atoms with Crippen LogP contribution in [0.5, 0.6) is 0 Å². The topological polar surface area (TPSA) is 42.0 Å². The maximum absolute atomic E-state index is 12.0. The van der Waals surface area contributed by atoms with Crippen LogP contribution in [-0.2, 0) is 17.8 Å². The van der Waals surface area contributed by atoms with Crippen molar-refractivity contribution in [3.63, 3.8) is 0 Å². The molecule has 0 fully saturated rings. The number of amides is 1. The van der Waals surface area contributed by atoms with Gasteiger partial charge in [-0.2, -0.15) is 11.3 Å². The highest BCUT2D eigenvalue weighted by atomic mass is 32.1. The van der Waals surface area contributed by atoms with E-state index in [1.807, 2.05) is 24.4 Å². The minimum Gasteiger partial charge on any atom is -0.352 e. The van der Waals surface area contributed by atoms with E-state index in [2.05, 4.69) is 45.3 Å². The van der Waals surface area contributed by atoms with Gasteiger partial charge in [-0.05, 0) is 52.4 Å². The smallest absolute Gasteiger partial charge is 0.220 e. The van der Waals surface area contributed by atoms with Crippen LogP contribution in [0.3, 0.4) is 0 Å². The van der Waals surface area contributed by atoms with Gasteiger partial charge < -0.3 is 5.32 Å². The molecule has 122 valence electrons. The van der Waals surface area contributed by atoms with Crippen molar-refractivity contribution in [2.45, 2.75) is 25.8 Å². The largest absolute Gasteiger partial charge is 0.352 e. The molecule has 2 heterocycles. The molecular weight excluding hydrogens is 316 g/mol. The molecular formula is C20H20N2OS. The SMILES string of the molecule is O=C(CCCc1ccccc1)NCc1cncc(-c2ccsc2)c1. The van der Waals surface area contributed by atoms with Gasteiger partial charge in [0.05, 0.1) is 0 Å². The fourth-order valence-electron chi connectivity index (χ4n) is 2.56. The maximum atomic E-state index is 12.0. The van der Waals surface area contributed by atoms with Gasteiger partial charge in [-0.15, -0.1) is 0 Å². The Morgan fingerprint density at radius 1 is 1.04 bits per heavy atom. The van der Waals surface area contributed by atoms with E-state index in [-0.39, 0.29) is 5.91 Å². The predicted molar refractivity (Wildman–Crippen MR) is 98.8 cm³/mol. The van der Waals surface area contributed by atoms with Gasteiger partial charge in [0.1, 0.15) is 0 Å². The molecule has 24 heavy (non-hydrogen) atoms. The number of nitrogens with zero attached hydrogens (tertiary/aromatic N) is 1. The third-order valence-electron chi connectivity index (χ3n) is 3.85. The molecule has 3 rings (SSSR count). The Kier molecular flexibility index (Phi) is 5.75. The van der Waals surface area contributed by atoms with Crippen LogP contribution in [0.4, 0.5) is 0 Å². The number of carbonyl (C=O) groups is 1.